The smallest absolute Gasteiger partial charge is 0.462 e. The molecule has 0 aliphatic heterocycles. The first-order valence-corrected chi connectivity index (χ1v) is 26.8. The van der Waals surface area contributed by atoms with Crippen LogP contribution in [0, 0.1) is 0 Å². The molecule has 10 heteroatoms. The first-order chi connectivity index (χ1) is 30.3. The van der Waals surface area contributed by atoms with E-state index in [1.807, 2.05) is 0 Å². The van der Waals surface area contributed by atoms with Crippen LogP contribution in [0.1, 0.15) is 226 Å². The van der Waals surface area contributed by atoms with Crippen molar-refractivity contribution in [3.8, 4) is 0 Å². The number of esters is 2. The van der Waals surface area contributed by atoms with Gasteiger partial charge in [0.05, 0.1) is 13.2 Å². The number of carbonyl (C=O) groups is 2. The predicted octanol–water partition coefficient (Wildman–Crippen LogP) is 15.2. The van der Waals surface area contributed by atoms with Crippen molar-refractivity contribution in [2.75, 3.05) is 26.4 Å². The molecule has 0 rings (SSSR count). The topological polar surface area (TPSA) is 134 Å². The molecule has 0 aliphatic carbocycles. The molecule has 62 heavy (non-hydrogen) atoms. The third-order valence-electron chi connectivity index (χ3n) is 10.7. The Morgan fingerprint density at radius 1 is 0.500 bits per heavy atom. The number of allylic oxidation sites excluding steroid dienone is 10. The molecule has 0 radical (unpaired) electrons. The molecule has 3 N–H and O–H groups in total. The summed E-state index contributed by atoms with van der Waals surface area (Å²) >= 11 is 0. The van der Waals surface area contributed by atoms with Crippen LogP contribution in [0.4, 0.5) is 0 Å². The highest BCUT2D eigenvalue weighted by Gasteiger charge is 2.26. The number of ether oxygens (including phenoxy) is 2. The molecule has 0 bridgehead atoms. The standard InChI is InChI=1S/C52H94NO8P/c1-3-5-7-9-11-12-13-14-15-16-17-18-19-20-21-22-23-24-25-26-27-28-29-30-31-32-33-34-35-36-37-38-39-41-43-45-52(55)61-50(49-60-62(56,57)59-47-46-53)48-58-51(54)44-42-40-10-8-6-4-2/h5,7,11-12,14-15,17-18,20-21,50H,3-4,6,8-10,13,16,19,22-49,53H2,1-2H3,(H,56,57)/b7-5-,12-11-,15-14-,18-17-,21-20-. The van der Waals surface area contributed by atoms with E-state index in [2.05, 4.69) is 74.6 Å². The molecule has 360 valence electrons. The Balaban J connectivity index is 3.74. The molecule has 2 atom stereocenters. The summed E-state index contributed by atoms with van der Waals surface area (Å²) in [5.41, 5.74) is 5.34. The summed E-state index contributed by atoms with van der Waals surface area (Å²) < 4.78 is 32.6. The normalized spacial score (nSPS) is 13.7. The van der Waals surface area contributed by atoms with Gasteiger partial charge in [-0.25, -0.2) is 4.57 Å². The van der Waals surface area contributed by atoms with Crippen molar-refractivity contribution in [1.29, 1.82) is 0 Å². The number of phosphoric ester groups is 1. The van der Waals surface area contributed by atoms with E-state index in [4.69, 9.17) is 24.3 Å². The van der Waals surface area contributed by atoms with Crippen molar-refractivity contribution in [1.82, 2.24) is 0 Å². The minimum Gasteiger partial charge on any atom is -0.462 e. The molecule has 0 spiro atoms. The number of carbonyl (C=O) groups excluding carboxylic acids is 2. The molecule has 0 heterocycles. The van der Waals surface area contributed by atoms with Crippen LogP contribution in [0.2, 0.25) is 0 Å². The summed E-state index contributed by atoms with van der Waals surface area (Å²) in [7, 11) is -4.37. The average Bonchev–Trinajstić information content (AvgIpc) is 3.26. The van der Waals surface area contributed by atoms with E-state index >= 15 is 0 Å². The summed E-state index contributed by atoms with van der Waals surface area (Å²) in [6, 6.07) is 0. The van der Waals surface area contributed by atoms with Gasteiger partial charge in [-0.3, -0.25) is 18.6 Å². The zero-order chi connectivity index (χ0) is 45.3. The molecule has 0 saturated heterocycles. The van der Waals surface area contributed by atoms with Gasteiger partial charge in [-0.1, -0.05) is 216 Å². The minimum atomic E-state index is -4.37. The number of rotatable bonds is 47. The first-order valence-electron chi connectivity index (χ1n) is 25.3. The van der Waals surface area contributed by atoms with Crippen LogP contribution in [0.25, 0.3) is 0 Å². The van der Waals surface area contributed by atoms with Gasteiger partial charge in [0.1, 0.15) is 6.61 Å². The Bertz CT molecular complexity index is 1200. The van der Waals surface area contributed by atoms with Gasteiger partial charge in [0.2, 0.25) is 0 Å². The average molecular weight is 892 g/mol. The first kappa shape index (κ1) is 59.7. The number of nitrogens with two attached hydrogens (primary N) is 1. The Morgan fingerprint density at radius 2 is 0.887 bits per heavy atom. The van der Waals surface area contributed by atoms with Gasteiger partial charge in [-0.2, -0.15) is 0 Å². The van der Waals surface area contributed by atoms with Crippen LogP contribution < -0.4 is 5.73 Å². The number of hydrogen-bond acceptors (Lipinski definition) is 8. The highest BCUT2D eigenvalue weighted by molar-refractivity contribution is 7.47. The second-order valence-corrected chi connectivity index (χ2v) is 18.1. The van der Waals surface area contributed by atoms with Crippen molar-refractivity contribution in [3.05, 3.63) is 60.8 Å². The highest BCUT2D eigenvalue weighted by Crippen LogP contribution is 2.43. The van der Waals surface area contributed by atoms with Gasteiger partial charge in [0, 0.05) is 19.4 Å². The lowest BCUT2D eigenvalue weighted by molar-refractivity contribution is -0.161. The van der Waals surface area contributed by atoms with E-state index in [1.54, 1.807) is 0 Å². The fourth-order valence-corrected chi connectivity index (χ4v) is 7.72. The molecular weight excluding hydrogens is 798 g/mol. The van der Waals surface area contributed by atoms with Gasteiger partial charge < -0.3 is 20.1 Å². The summed E-state index contributed by atoms with van der Waals surface area (Å²) in [6.45, 7) is 3.56. The number of phosphoric acid groups is 1. The van der Waals surface area contributed by atoms with Gasteiger partial charge in [0.15, 0.2) is 6.10 Å². The van der Waals surface area contributed by atoms with Crippen molar-refractivity contribution >= 4 is 19.8 Å². The van der Waals surface area contributed by atoms with Gasteiger partial charge in [-0.15, -0.1) is 0 Å². The summed E-state index contributed by atoms with van der Waals surface area (Å²) in [5.74, 6) is -0.833. The zero-order valence-corrected chi connectivity index (χ0v) is 40.7. The second-order valence-electron chi connectivity index (χ2n) is 16.7. The quantitative estimate of drug-likeness (QED) is 0.0265. The van der Waals surface area contributed by atoms with Crippen LogP contribution in [0.3, 0.4) is 0 Å². The fraction of sp³-hybridized carbons (Fsp3) is 0.769. The Hall–Kier alpha value is -2.29. The molecule has 0 amide bonds. The van der Waals surface area contributed by atoms with E-state index in [0.29, 0.717) is 6.42 Å². The third-order valence-corrected chi connectivity index (χ3v) is 11.7. The molecule has 0 aromatic heterocycles. The van der Waals surface area contributed by atoms with E-state index in [-0.39, 0.29) is 38.6 Å². The summed E-state index contributed by atoms with van der Waals surface area (Å²) in [5, 5.41) is 0. The molecule has 9 nitrogen and oxygen atoms in total. The van der Waals surface area contributed by atoms with Crippen molar-refractivity contribution in [2.45, 2.75) is 232 Å². The maximum atomic E-state index is 12.6. The maximum absolute atomic E-state index is 12.6. The maximum Gasteiger partial charge on any atom is 0.472 e. The third kappa shape index (κ3) is 47.2. The van der Waals surface area contributed by atoms with Crippen LogP contribution in [-0.4, -0.2) is 49.3 Å². The van der Waals surface area contributed by atoms with E-state index in [9.17, 15) is 19.0 Å². The molecule has 0 fully saturated rings. The van der Waals surface area contributed by atoms with Crippen LogP contribution >= 0.6 is 7.82 Å². The molecule has 0 aliphatic rings. The Labute approximate surface area is 380 Å². The molecule has 2 unspecified atom stereocenters. The van der Waals surface area contributed by atoms with E-state index < -0.39 is 26.5 Å². The van der Waals surface area contributed by atoms with Crippen LogP contribution in [0.15, 0.2) is 60.8 Å². The Kier molecular flexibility index (Phi) is 46.4. The monoisotopic (exact) mass is 892 g/mol. The fourth-order valence-electron chi connectivity index (χ4n) is 6.96. The van der Waals surface area contributed by atoms with E-state index in [1.165, 1.54) is 122 Å². The predicted molar refractivity (Wildman–Crippen MR) is 261 cm³/mol. The molecular formula is C52H94NO8P. The molecule has 0 aromatic rings. The van der Waals surface area contributed by atoms with E-state index in [0.717, 1.165) is 70.6 Å². The second kappa shape index (κ2) is 48.2. The SMILES string of the molecule is CC/C=C\C/C=C\C/C=C\C/C=C\C/C=C\CCCCCCCCCCCCCCCCCCCCCC(=O)OC(COC(=O)CCCCCCCC)COP(=O)(O)OCCN. The summed E-state index contributed by atoms with van der Waals surface area (Å²) in [4.78, 5) is 34.7. The zero-order valence-electron chi connectivity index (χ0n) is 39.8. The summed E-state index contributed by atoms with van der Waals surface area (Å²) in [6.07, 6.45) is 59.0. The Morgan fingerprint density at radius 3 is 1.32 bits per heavy atom. The minimum absolute atomic E-state index is 0.0540. The molecule has 0 saturated carbocycles. The van der Waals surface area contributed by atoms with Crippen molar-refractivity contribution in [2.24, 2.45) is 5.73 Å². The van der Waals surface area contributed by atoms with Crippen molar-refractivity contribution < 1.29 is 37.6 Å². The van der Waals surface area contributed by atoms with Crippen LogP contribution in [0.5, 0.6) is 0 Å². The number of hydrogen-bond donors (Lipinski definition) is 2. The highest BCUT2D eigenvalue weighted by atomic mass is 31.2. The lowest BCUT2D eigenvalue weighted by Crippen LogP contribution is -2.29. The van der Waals surface area contributed by atoms with Gasteiger partial charge in [0.25, 0.3) is 0 Å². The largest absolute Gasteiger partial charge is 0.472 e. The van der Waals surface area contributed by atoms with Gasteiger partial charge in [-0.05, 0) is 57.8 Å². The van der Waals surface area contributed by atoms with Crippen LogP contribution in [-0.2, 0) is 32.7 Å². The lowest BCUT2D eigenvalue weighted by atomic mass is 10.0. The molecule has 0 aromatic carbocycles. The lowest BCUT2D eigenvalue weighted by Gasteiger charge is -2.19. The number of unbranched alkanes of at least 4 members (excludes halogenated alkanes) is 24. The van der Waals surface area contributed by atoms with Gasteiger partial charge >= 0.3 is 19.8 Å². The van der Waals surface area contributed by atoms with Crippen molar-refractivity contribution in [3.63, 3.8) is 0 Å².